The largest absolute Gasteiger partial charge is 0.390 e. The summed E-state index contributed by atoms with van der Waals surface area (Å²) in [4.78, 5) is 0. The van der Waals surface area contributed by atoms with Gasteiger partial charge in [-0.05, 0) is 18.5 Å². The van der Waals surface area contributed by atoms with Crippen molar-refractivity contribution in [1.82, 2.24) is 5.32 Å². The number of benzene rings is 1. The second kappa shape index (κ2) is 5.80. The molecule has 1 aromatic rings. The summed E-state index contributed by atoms with van der Waals surface area (Å²) < 4.78 is 0. The summed E-state index contributed by atoms with van der Waals surface area (Å²) in [5.74, 6) is -0.147. The molecule has 0 bridgehead atoms. The van der Waals surface area contributed by atoms with Crippen LogP contribution in [0, 0.1) is 5.92 Å². The van der Waals surface area contributed by atoms with Crippen molar-refractivity contribution in [1.29, 1.82) is 0 Å². The highest BCUT2D eigenvalue weighted by Gasteiger charge is 2.45. The monoisotopic (exact) mass is 251 g/mol. The van der Waals surface area contributed by atoms with Gasteiger partial charge < -0.3 is 20.6 Å². The van der Waals surface area contributed by atoms with Crippen LogP contribution in [0.25, 0.3) is 0 Å². The summed E-state index contributed by atoms with van der Waals surface area (Å²) in [6.45, 7) is 2.56. The fourth-order valence-electron chi connectivity index (χ4n) is 2.58. The molecule has 5 atom stereocenters. The van der Waals surface area contributed by atoms with E-state index in [-0.39, 0.29) is 12.0 Å². The van der Waals surface area contributed by atoms with Crippen molar-refractivity contribution in [2.24, 2.45) is 5.92 Å². The Bertz CT molecular complexity index is 357. The van der Waals surface area contributed by atoms with Gasteiger partial charge in [0.15, 0.2) is 0 Å². The van der Waals surface area contributed by atoms with Crippen molar-refractivity contribution >= 4 is 0 Å². The van der Waals surface area contributed by atoms with E-state index in [1.165, 1.54) is 5.56 Å². The van der Waals surface area contributed by atoms with Gasteiger partial charge in [-0.25, -0.2) is 0 Å². The van der Waals surface area contributed by atoms with Gasteiger partial charge in [-0.1, -0.05) is 37.3 Å². The zero-order chi connectivity index (χ0) is 13.1. The maximum Gasteiger partial charge on any atom is 0.108 e. The smallest absolute Gasteiger partial charge is 0.108 e. The minimum Gasteiger partial charge on any atom is -0.390 e. The summed E-state index contributed by atoms with van der Waals surface area (Å²) in [6.07, 6.45) is -1.93. The summed E-state index contributed by atoms with van der Waals surface area (Å²) >= 11 is 0. The predicted octanol–water partition coefficient (Wildman–Crippen LogP) is -0.0803. The number of rotatable bonds is 4. The van der Waals surface area contributed by atoms with Crippen LogP contribution in [0.3, 0.4) is 0 Å². The van der Waals surface area contributed by atoms with E-state index in [0.717, 1.165) is 13.0 Å². The Morgan fingerprint density at radius 1 is 1.00 bits per heavy atom. The SMILES string of the molecule is C[C@H]1[C@@H](O)[C@@H](O)[C@H](O)[C@@H]1NCCc1ccccc1. The summed E-state index contributed by atoms with van der Waals surface area (Å²) in [6, 6.07) is 9.83. The Hall–Kier alpha value is -0.940. The molecule has 4 N–H and O–H groups in total. The average Bonchev–Trinajstić information content (AvgIpc) is 2.57. The Morgan fingerprint density at radius 2 is 1.67 bits per heavy atom. The number of aliphatic hydroxyl groups excluding tert-OH is 3. The van der Waals surface area contributed by atoms with Crippen LogP contribution < -0.4 is 5.32 Å². The fraction of sp³-hybridized carbons (Fsp3) is 0.571. The number of hydrogen-bond donors (Lipinski definition) is 4. The molecular weight excluding hydrogens is 230 g/mol. The van der Waals surface area contributed by atoms with Crippen molar-refractivity contribution in [3.05, 3.63) is 35.9 Å². The van der Waals surface area contributed by atoms with Crippen molar-refractivity contribution in [2.75, 3.05) is 6.54 Å². The molecule has 0 aromatic heterocycles. The third kappa shape index (κ3) is 2.72. The van der Waals surface area contributed by atoms with E-state index in [9.17, 15) is 15.3 Å². The first-order chi connectivity index (χ1) is 8.61. The first-order valence-corrected chi connectivity index (χ1v) is 6.43. The Labute approximate surface area is 107 Å². The van der Waals surface area contributed by atoms with Crippen LogP contribution in [0.2, 0.25) is 0 Å². The molecule has 0 heterocycles. The maximum atomic E-state index is 9.82. The van der Waals surface area contributed by atoms with Crippen LogP contribution in [0.15, 0.2) is 30.3 Å². The molecule has 4 heteroatoms. The highest BCUT2D eigenvalue weighted by atomic mass is 16.4. The molecule has 1 fully saturated rings. The van der Waals surface area contributed by atoms with Gasteiger partial charge in [0.1, 0.15) is 6.10 Å². The minimum absolute atomic E-state index is 0.147. The maximum absolute atomic E-state index is 9.82. The van der Waals surface area contributed by atoms with Crippen LogP contribution in [0.5, 0.6) is 0 Å². The molecule has 0 radical (unpaired) electrons. The number of hydrogen-bond acceptors (Lipinski definition) is 4. The van der Waals surface area contributed by atoms with E-state index < -0.39 is 18.3 Å². The summed E-state index contributed by atoms with van der Waals surface area (Å²) in [7, 11) is 0. The van der Waals surface area contributed by atoms with Gasteiger partial charge in [0.25, 0.3) is 0 Å². The van der Waals surface area contributed by atoms with Crippen LogP contribution in [0.4, 0.5) is 0 Å². The third-order valence-electron chi connectivity index (χ3n) is 3.81. The van der Waals surface area contributed by atoms with Crippen LogP contribution in [0.1, 0.15) is 12.5 Å². The lowest BCUT2D eigenvalue weighted by Crippen LogP contribution is -2.43. The molecule has 1 aliphatic rings. The molecule has 100 valence electrons. The quantitative estimate of drug-likeness (QED) is 0.604. The molecule has 0 spiro atoms. The second-order valence-electron chi connectivity index (χ2n) is 5.05. The lowest BCUT2D eigenvalue weighted by molar-refractivity contribution is -0.0266. The highest BCUT2D eigenvalue weighted by molar-refractivity contribution is 5.15. The zero-order valence-electron chi connectivity index (χ0n) is 10.5. The van der Waals surface area contributed by atoms with Gasteiger partial charge in [-0.3, -0.25) is 0 Å². The lowest BCUT2D eigenvalue weighted by atomic mass is 10.0. The molecule has 0 unspecified atom stereocenters. The van der Waals surface area contributed by atoms with Crippen LogP contribution in [-0.4, -0.2) is 46.2 Å². The van der Waals surface area contributed by atoms with E-state index in [2.05, 4.69) is 17.4 Å². The van der Waals surface area contributed by atoms with Crippen molar-refractivity contribution in [2.45, 2.75) is 37.7 Å². The summed E-state index contributed by atoms with van der Waals surface area (Å²) in [5, 5.41) is 32.3. The first kappa shape index (κ1) is 13.5. The zero-order valence-corrected chi connectivity index (χ0v) is 10.5. The molecule has 0 aliphatic heterocycles. The molecule has 1 aromatic carbocycles. The van der Waals surface area contributed by atoms with Gasteiger partial charge >= 0.3 is 0 Å². The van der Waals surface area contributed by atoms with Crippen LogP contribution in [-0.2, 0) is 6.42 Å². The van der Waals surface area contributed by atoms with Gasteiger partial charge in [-0.2, -0.15) is 0 Å². The topological polar surface area (TPSA) is 72.7 Å². The van der Waals surface area contributed by atoms with Gasteiger partial charge in [-0.15, -0.1) is 0 Å². The molecule has 1 aliphatic carbocycles. The van der Waals surface area contributed by atoms with E-state index >= 15 is 0 Å². The highest BCUT2D eigenvalue weighted by Crippen LogP contribution is 2.26. The molecule has 18 heavy (non-hydrogen) atoms. The number of aliphatic hydroxyl groups is 3. The molecule has 4 nitrogen and oxygen atoms in total. The van der Waals surface area contributed by atoms with E-state index in [0.29, 0.717) is 0 Å². The molecular formula is C14H21NO3. The first-order valence-electron chi connectivity index (χ1n) is 6.43. The van der Waals surface area contributed by atoms with Gasteiger partial charge in [0.2, 0.25) is 0 Å². The third-order valence-corrected chi connectivity index (χ3v) is 3.81. The average molecular weight is 251 g/mol. The predicted molar refractivity (Wildman–Crippen MR) is 69.1 cm³/mol. The second-order valence-corrected chi connectivity index (χ2v) is 5.05. The lowest BCUT2D eigenvalue weighted by Gasteiger charge is -2.21. The van der Waals surface area contributed by atoms with Gasteiger partial charge in [0, 0.05) is 12.0 Å². The van der Waals surface area contributed by atoms with Crippen molar-refractivity contribution in [3.8, 4) is 0 Å². The Kier molecular flexibility index (Phi) is 4.35. The van der Waals surface area contributed by atoms with E-state index in [1.54, 1.807) is 0 Å². The van der Waals surface area contributed by atoms with Crippen LogP contribution >= 0.6 is 0 Å². The normalized spacial score (nSPS) is 35.9. The molecule has 1 saturated carbocycles. The van der Waals surface area contributed by atoms with Crippen molar-refractivity contribution in [3.63, 3.8) is 0 Å². The van der Waals surface area contributed by atoms with Crippen molar-refractivity contribution < 1.29 is 15.3 Å². The standard InChI is InChI=1S/C14H21NO3/c1-9-11(13(17)14(18)12(9)16)15-8-7-10-5-3-2-4-6-10/h2-6,9,11-18H,7-8H2,1H3/t9-,11-,12-,13-,14-/m1/s1. The number of nitrogens with one attached hydrogen (secondary N) is 1. The summed E-state index contributed by atoms with van der Waals surface area (Å²) in [5.41, 5.74) is 1.23. The van der Waals surface area contributed by atoms with E-state index in [1.807, 2.05) is 25.1 Å². The fourth-order valence-corrected chi connectivity index (χ4v) is 2.58. The Morgan fingerprint density at radius 3 is 2.22 bits per heavy atom. The minimum atomic E-state index is -1.05. The molecule has 0 amide bonds. The molecule has 0 saturated heterocycles. The Balaban J connectivity index is 1.84. The van der Waals surface area contributed by atoms with Gasteiger partial charge in [0.05, 0.1) is 12.2 Å². The van der Waals surface area contributed by atoms with E-state index in [4.69, 9.17) is 0 Å². The molecule has 2 rings (SSSR count).